The predicted octanol–water partition coefficient (Wildman–Crippen LogP) is 0.0529. The summed E-state index contributed by atoms with van der Waals surface area (Å²) < 4.78 is 26.8. The van der Waals surface area contributed by atoms with E-state index in [9.17, 15) is 8.42 Å². The Morgan fingerprint density at radius 3 is 2.44 bits per heavy atom. The molecule has 0 aliphatic heterocycles. The van der Waals surface area contributed by atoms with Crippen molar-refractivity contribution in [2.24, 2.45) is 0 Å². The van der Waals surface area contributed by atoms with Crippen LogP contribution in [0.3, 0.4) is 0 Å². The molecule has 1 rings (SSSR count). The van der Waals surface area contributed by atoms with Crippen molar-refractivity contribution in [2.45, 2.75) is 17.4 Å². The number of nitrogen functional groups attached to an aromatic ring is 1. The van der Waals surface area contributed by atoms with E-state index in [0.29, 0.717) is 10.2 Å². The Bertz CT molecular complexity index is 529. The molecule has 0 fully saturated rings. The van der Waals surface area contributed by atoms with Crippen LogP contribution in [0, 0.1) is 0 Å². The minimum absolute atomic E-state index is 0.0457. The van der Waals surface area contributed by atoms with E-state index >= 15 is 0 Å². The molecule has 0 aromatic heterocycles. The lowest BCUT2D eigenvalue weighted by atomic mass is 10.1. The van der Waals surface area contributed by atoms with Crippen molar-refractivity contribution in [1.82, 2.24) is 4.72 Å². The standard InChI is InChI=1S/C10H15BrN2O4S/c1-10(5-14,6-15)13-18(16,17)9-4-7(12)2-3-8(9)11/h2-4,13-15H,5-6,12H2,1H3. The van der Waals surface area contributed by atoms with Crippen molar-refractivity contribution in [3.05, 3.63) is 22.7 Å². The van der Waals surface area contributed by atoms with Gasteiger partial charge in [0.15, 0.2) is 0 Å². The van der Waals surface area contributed by atoms with Gasteiger partial charge in [-0.15, -0.1) is 0 Å². The average molecular weight is 339 g/mol. The van der Waals surface area contributed by atoms with Crippen molar-refractivity contribution in [3.8, 4) is 0 Å². The van der Waals surface area contributed by atoms with E-state index < -0.39 is 28.8 Å². The van der Waals surface area contributed by atoms with E-state index in [1.54, 1.807) is 6.07 Å². The smallest absolute Gasteiger partial charge is 0.242 e. The highest BCUT2D eigenvalue weighted by molar-refractivity contribution is 9.10. The molecule has 18 heavy (non-hydrogen) atoms. The normalized spacial score (nSPS) is 12.7. The fourth-order valence-corrected chi connectivity index (χ4v) is 3.61. The maximum atomic E-state index is 12.1. The molecule has 0 saturated carbocycles. The zero-order chi connectivity index (χ0) is 14.0. The number of sulfonamides is 1. The third-order valence-electron chi connectivity index (χ3n) is 2.32. The molecule has 6 nitrogen and oxygen atoms in total. The van der Waals surface area contributed by atoms with Gasteiger partial charge in [-0.25, -0.2) is 13.1 Å². The summed E-state index contributed by atoms with van der Waals surface area (Å²) in [6.07, 6.45) is 0. The van der Waals surface area contributed by atoms with Crippen LogP contribution in [0.5, 0.6) is 0 Å². The van der Waals surface area contributed by atoms with Gasteiger partial charge in [0.05, 0.1) is 23.6 Å². The number of nitrogens with two attached hydrogens (primary N) is 1. The highest BCUT2D eigenvalue weighted by atomic mass is 79.9. The quantitative estimate of drug-likeness (QED) is 0.567. The van der Waals surface area contributed by atoms with Crippen LogP contribution in [0.1, 0.15) is 6.92 Å². The Hall–Kier alpha value is -0.670. The Kier molecular flexibility index (Phi) is 4.73. The molecular weight excluding hydrogens is 324 g/mol. The first kappa shape index (κ1) is 15.4. The van der Waals surface area contributed by atoms with Gasteiger partial charge in [-0.05, 0) is 41.1 Å². The van der Waals surface area contributed by atoms with Crippen LogP contribution < -0.4 is 10.5 Å². The summed E-state index contributed by atoms with van der Waals surface area (Å²) in [6.45, 7) is 0.343. The Morgan fingerprint density at radius 2 is 1.94 bits per heavy atom. The fraction of sp³-hybridized carbons (Fsp3) is 0.400. The molecule has 0 radical (unpaired) electrons. The van der Waals surface area contributed by atoms with Crippen molar-refractivity contribution in [3.63, 3.8) is 0 Å². The van der Waals surface area contributed by atoms with Crippen molar-refractivity contribution < 1.29 is 18.6 Å². The van der Waals surface area contributed by atoms with Gasteiger partial charge < -0.3 is 15.9 Å². The molecule has 0 amide bonds. The van der Waals surface area contributed by atoms with Crippen LogP contribution in [-0.4, -0.2) is 37.4 Å². The number of halogens is 1. The number of anilines is 1. The van der Waals surface area contributed by atoms with Crippen LogP contribution in [0.15, 0.2) is 27.6 Å². The van der Waals surface area contributed by atoms with Gasteiger partial charge in [-0.1, -0.05) is 0 Å². The minimum atomic E-state index is -3.89. The molecule has 0 saturated heterocycles. The topological polar surface area (TPSA) is 113 Å². The molecular formula is C10H15BrN2O4S. The first-order chi connectivity index (χ1) is 8.24. The molecule has 1 aromatic rings. The Balaban J connectivity index is 3.18. The lowest BCUT2D eigenvalue weighted by Gasteiger charge is -2.26. The Morgan fingerprint density at radius 1 is 1.39 bits per heavy atom. The van der Waals surface area contributed by atoms with Crippen LogP contribution in [0.2, 0.25) is 0 Å². The zero-order valence-corrected chi connectivity index (χ0v) is 12.1. The minimum Gasteiger partial charge on any atom is -0.399 e. The average Bonchev–Trinajstić information content (AvgIpc) is 2.31. The van der Waals surface area contributed by atoms with E-state index in [0.717, 1.165) is 0 Å². The molecule has 8 heteroatoms. The molecule has 0 aliphatic rings. The largest absolute Gasteiger partial charge is 0.399 e. The molecule has 0 unspecified atom stereocenters. The van der Waals surface area contributed by atoms with E-state index in [4.69, 9.17) is 15.9 Å². The number of aliphatic hydroxyl groups is 2. The lowest BCUT2D eigenvalue weighted by Crippen LogP contribution is -2.51. The van der Waals surface area contributed by atoms with E-state index in [1.165, 1.54) is 19.1 Å². The van der Waals surface area contributed by atoms with Crippen molar-refractivity contribution in [2.75, 3.05) is 18.9 Å². The van der Waals surface area contributed by atoms with Crippen LogP contribution in [-0.2, 0) is 10.0 Å². The van der Waals surface area contributed by atoms with E-state index in [2.05, 4.69) is 20.7 Å². The van der Waals surface area contributed by atoms with E-state index in [-0.39, 0.29) is 4.90 Å². The number of nitrogens with one attached hydrogen (secondary N) is 1. The van der Waals surface area contributed by atoms with Crippen LogP contribution in [0.25, 0.3) is 0 Å². The molecule has 0 heterocycles. The second kappa shape index (κ2) is 5.54. The first-order valence-electron chi connectivity index (χ1n) is 5.05. The third kappa shape index (κ3) is 3.42. The molecule has 102 valence electrons. The molecule has 1 aromatic carbocycles. The summed E-state index contributed by atoms with van der Waals surface area (Å²) in [7, 11) is -3.89. The summed E-state index contributed by atoms with van der Waals surface area (Å²) in [4.78, 5) is -0.0457. The Labute approximate surface area is 114 Å². The summed E-state index contributed by atoms with van der Waals surface area (Å²) >= 11 is 3.12. The molecule has 0 spiro atoms. The maximum Gasteiger partial charge on any atom is 0.242 e. The van der Waals surface area contributed by atoms with Gasteiger partial charge in [-0.2, -0.15) is 0 Å². The highest BCUT2D eigenvalue weighted by Gasteiger charge is 2.30. The third-order valence-corrected chi connectivity index (χ3v) is 4.96. The predicted molar refractivity (Wildman–Crippen MR) is 71.5 cm³/mol. The second-order valence-electron chi connectivity index (χ2n) is 4.17. The van der Waals surface area contributed by atoms with Crippen LogP contribution >= 0.6 is 15.9 Å². The number of hydrogen-bond donors (Lipinski definition) is 4. The molecule has 0 bridgehead atoms. The van der Waals surface area contributed by atoms with Gasteiger partial charge in [0.1, 0.15) is 0 Å². The summed E-state index contributed by atoms with van der Waals surface area (Å²) in [6, 6.07) is 4.36. The summed E-state index contributed by atoms with van der Waals surface area (Å²) in [5, 5.41) is 18.2. The first-order valence-corrected chi connectivity index (χ1v) is 7.32. The number of benzene rings is 1. The zero-order valence-electron chi connectivity index (χ0n) is 9.72. The fourth-order valence-electron chi connectivity index (χ4n) is 1.22. The molecule has 5 N–H and O–H groups in total. The lowest BCUT2D eigenvalue weighted by molar-refractivity contribution is 0.121. The van der Waals surface area contributed by atoms with Gasteiger partial charge >= 0.3 is 0 Å². The highest BCUT2D eigenvalue weighted by Crippen LogP contribution is 2.25. The number of rotatable bonds is 5. The van der Waals surface area contributed by atoms with Crippen molar-refractivity contribution >= 4 is 31.6 Å². The molecule has 0 atom stereocenters. The van der Waals surface area contributed by atoms with E-state index in [1.807, 2.05) is 0 Å². The second-order valence-corrected chi connectivity index (χ2v) is 6.68. The van der Waals surface area contributed by atoms with Crippen molar-refractivity contribution in [1.29, 1.82) is 0 Å². The summed E-state index contributed by atoms with van der Waals surface area (Å²) in [5.74, 6) is 0. The van der Waals surface area contributed by atoms with Gasteiger partial charge in [0.25, 0.3) is 0 Å². The van der Waals surface area contributed by atoms with Crippen LogP contribution in [0.4, 0.5) is 5.69 Å². The monoisotopic (exact) mass is 338 g/mol. The van der Waals surface area contributed by atoms with Gasteiger partial charge in [0, 0.05) is 10.2 Å². The SMILES string of the molecule is CC(CO)(CO)NS(=O)(=O)c1cc(N)ccc1Br. The van der Waals surface area contributed by atoms with Gasteiger partial charge in [-0.3, -0.25) is 0 Å². The molecule has 0 aliphatic carbocycles. The number of aliphatic hydroxyl groups excluding tert-OH is 2. The maximum absolute atomic E-state index is 12.1. The number of hydrogen-bond acceptors (Lipinski definition) is 5. The summed E-state index contributed by atoms with van der Waals surface area (Å²) in [5.41, 5.74) is 4.51. The van der Waals surface area contributed by atoms with Gasteiger partial charge in [0.2, 0.25) is 10.0 Å².